The Morgan fingerprint density at radius 3 is 2.21 bits per heavy atom. The SMILES string of the molecule is Cc1nn(-c2ccccc2)cc1NC(=O)c1ccc(-n2nc(C)c(Br)c2C)cc1. The summed E-state index contributed by atoms with van der Waals surface area (Å²) in [5, 5.41) is 12.0. The number of anilines is 1. The van der Waals surface area contributed by atoms with Crippen molar-refractivity contribution in [3.8, 4) is 11.4 Å². The summed E-state index contributed by atoms with van der Waals surface area (Å²) in [4.78, 5) is 12.7. The number of nitrogens with one attached hydrogen (secondary N) is 1. The molecule has 2 aromatic heterocycles. The van der Waals surface area contributed by atoms with Crippen molar-refractivity contribution in [1.29, 1.82) is 0 Å². The molecule has 0 saturated carbocycles. The first kappa shape index (κ1) is 19.1. The maximum Gasteiger partial charge on any atom is 0.255 e. The molecule has 0 unspecified atom stereocenters. The minimum Gasteiger partial charge on any atom is -0.319 e. The molecule has 6 nitrogen and oxygen atoms in total. The third-order valence-electron chi connectivity index (χ3n) is 4.74. The fraction of sp³-hybridized carbons (Fsp3) is 0.136. The lowest BCUT2D eigenvalue weighted by atomic mass is 10.2. The first-order valence-electron chi connectivity index (χ1n) is 9.19. The molecule has 4 aromatic rings. The molecule has 2 aromatic carbocycles. The van der Waals surface area contributed by atoms with E-state index in [1.807, 2.05) is 74.1 Å². The lowest BCUT2D eigenvalue weighted by molar-refractivity contribution is 0.102. The van der Waals surface area contributed by atoms with Gasteiger partial charge in [0.05, 0.1) is 44.8 Å². The number of para-hydroxylation sites is 1. The highest BCUT2D eigenvalue weighted by molar-refractivity contribution is 9.10. The van der Waals surface area contributed by atoms with E-state index >= 15 is 0 Å². The molecule has 29 heavy (non-hydrogen) atoms. The Hall–Kier alpha value is -3.19. The van der Waals surface area contributed by atoms with Gasteiger partial charge in [0.2, 0.25) is 0 Å². The van der Waals surface area contributed by atoms with Crippen LogP contribution in [0.3, 0.4) is 0 Å². The van der Waals surface area contributed by atoms with Crippen molar-refractivity contribution in [3.05, 3.63) is 87.9 Å². The van der Waals surface area contributed by atoms with E-state index in [2.05, 4.69) is 31.4 Å². The molecule has 0 bridgehead atoms. The van der Waals surface area contributed by atoms with E-state index in [-0.39, 0.29) is 5.91 Å². The van der Waals surface area contributed by atoms with E-state index in [1.165, 1.54) is 0 Å². The van der Waals surface area contributed by atoms with Crippen LogP contribution in [0.2, 0.25) is 0 Å². The van der Waals surface area contributed by atoms with Crippen LogP contribution in [0.15, 0.2) is 65.3 Å². The molecule has 0 aliphatic carbocycles. The monoisotopic (exact) mass is 449 g/mol. The summed E-state index contributed by atoms with van der Waals surface area (Å²) in [5.41, 5.74) is 5.80. The molecule has 0 spiro atoms. The lowest BCUT2D eigenvalue weighted by Crippen LogP contribution is -2.12. The van der Waals surface area contributed by atoms with Crippen LogP contribution in [0.4, 0.5) is 5.69 Å². The van der Waals surface area contributed by atoms with Gasteiger partial charge in [-0.25, -0.2) is 9.36 Å². The fourth-order valence-corrected chi connectivity index (χ4v) is 3.37. The van der Waals surface area contributed by atoms with Crippen molar-refractivity contribution < 1.29 is 4.79 Å². The second-order valence-corrected chi connectivity index (χ2v) is 7.60. The van der Waals surface area contributed by atoms with Crippen LogP contribution in [-0.2, 0) is 0 Å². The maximum absolute atomic E-state index is 12.7. The Kier molecular flexibility index (Phi) is 5.07. The number of aromatic nitrogens is 4. The predicted molar refractivity (Wildman–Crippen MR) is 117 cm³/mol. The lowest BCUT2D eigenvalue weighted by Gasteiger charge is -2.07. The molecule has 0 saturated heterocycles. The van der Waals surface area contributed by atoms with Crippen LogP contribution >= 0.6 is 15.9 Å². The topological polar surface area (TPSA) is 64.7 Å². The van der Waals surface area contributed by atoms with Gasteiger partial charge in [-0.3, -0.25) is 4.79 Å². The summed E-state index contributed by atoms with van der Waals surface area (Å²) in [6, 6.07) is 17.2. The highest BCUT2D eigenvalue weighted by atomic mass is 79.9. The van der Waals surface area contributed by atoms with Crippen LogP contribution in [0, 0.1) is 20.8 Å². The quantitative estimate of drug-likeness (QED) is 0.476. The van der Waals surface area contributed by atoms with Crippen molar-refractivity contribution in [2.24, 2.45) is 0 Å². The van der Waals surface area contributed by atoms with E-state index in [4.69, 9.17) is 0 Å². The summed E-state index contributed by atoms with van der Waals surface area (Å²) in [6.45, 7) is 5.82. The smallest absolute Gasteiger partial charge is 0.255 e. The zero-order chi connectivity index (χ0) is 20.5. The Morgan fingerprint density at radius 2 is 1.59 bits per heavy atom. The van der Waals surface area contributed by atoms with Gasteiger partial charge in [-0.2, -0.15) is 10.2 Å². The van der Waals surface area contributed by atoms with E-state index in [0.29, 0.717) is 11.3 Å². The Balaban J connectivity index is 1.53. The van der Waals surface area contributed by atoms with E-state index in [1.54, 1.807) is 16.8 Å². The zero-order valence-electron chi connectivity index (χ0n) is 16.3. The fourth-order valence-electron chi connectivity index (χ4n) is 3.12. The molecule has 0 aliphatic rings. The van der Waals surface area contributed by atoms with Crippen molar-refractivity contribution in [2.45, 2.75) is 20.8 Å². The first-order valence-corrected chi connectivity index (χ1v) is 9.98. The molecule has 146 valence electrons. The Labute approximate surface area is 177 Å². The van der Waals surface area contributed by atoms with Crippen LogP contribution in [-0.4, -0.2) is 25.5 Å². The number of amides is 1. The first-order chi connectivity index (χ1) is 13.9. The molecule has 2 heterocycles. The van der Waals surface area contributed by atoms with Gasteiger partial charge < -0.3 is 5.32 Å². The summed E-state index contributed by atoms with van der Waals surface area (Å²) < 4.78 is 4.61. The van der Waals surface area contributed by atoms with Crippen molar-refractivity contribution in [2.75, 3.05) is 5.32 Å². The number of benzene rings is 2. The van der Waals surface area contributed by atoms with Gasteiger partial charge in [-0.1, -0.05) is 18.2 Å². The van der Waals surface area contributed by atoms with Crippen LogP contribution in [0.1, 0.15) is 27.4 Å². The number of halogens is 1. The average Bonchev–Trinajstić information content (AvgIpc) is 3.23. The minimum atomic E-state index is -0.179. The summed E-state index contributed by atoms with van der Waals surface area (Å²) >= 11 is 3.54. The molecular weight excluding hydrogens is 430 g/mol. The standard InChI is InChI=1S/C22H20BrN5O/c1-14-20(13-27(25-14)18-7-5-4-6-8-18)24-22(29)17-9-11-19(12-10-17)28-16(3)21(23)15(2)26-28/h4-13H,1-3H3,(H,24,29). The Bertz CT molecular complexity index is 1180. The molecule has 0 fully saturated rings. The maximum atomic E-state index is 12.7. The summed E-state index contributed by atoms with van der Waals surface area (Å²) in [6.07, 6.45) is 1.82. The predicted octanol–water partition coefficient (Wildman–Crippen LogP) is 5.00. The van der Waals surface area contributed by atoms with Crippen molar-refractivity contribution >= 4 is 27.5 Å². The summed E-state index contributed by atoms with van der Waals surface area (Å²) in [7, 11) is 0. The van der Waals surface area contributed by atoms with Gasteiger partial charge in [0, 0.05) is 5.56 Å². The number of aryl methyl sites for hydroxylation is 2. The van der Waals surface area contributed by atoms with E-state index < -0.39 is 0 Å². The molecule has 1 amide bonds. The number of carbonyl (C=O) groups excluding carboxylic acids is 1. The van der Waals surface area contributed by atoms with Crippen LogP contribution in [0.5, 0.6) is 0 Å². The second-order valence-electron chi connectivity index (χ2n) is 6.81. The van der Waals surface area contributed by atoms with Gasteiger partial charge in [0.15, 0.2) is 0 Å². The molecule has 0 aliphatic heterocycles. The van der Waals surface area contributed by atoms with E-state index in [0.717, 1.165) is 32.9 Å². The van der Waals surface area contributed by atoms with Gasteiger partial charge >= 0.3 is 0 Å². The highest BCUT2D eigenvalue weighted by Gasteiger charge is 2.13. The number of nitrogens with zero attached hydrogens (tertiary/aromatic N) is 4. The Morgan fingerprint density at radius 1 is 0.897 bits per heavy atom. The molecule has 4 rings (SSSR count). The molecule has 0 radical (unpaired) electrons. The van der Waals surface area contributed by atoms with Crippen molar-refractivity contribution in [1.82, 2.24) is 19.6 Å². The average molecular weight is 450 g/mol. The summed E-state index contributed by atoms with van der Waals surface area (Å²) in [5.74, 6) is -0.179. The van der Waals surface area contributed by atoms with E-state index in [9.17, 15) is 4.79 Å². The zero-order valence-corrected chi connectivity index (χ0v) is 17.9. The minimum absolute atomic E-state index is 0.179. The van der Waals surface area contributed by atoms with Gasteiger partial charge in [0.1, 0.15) is 0 Å². The molecular formula is C22H20BrN5O. The number of carbonyl (C=O) groups is 1. The van der Waals surface area contributed by atoms with Crippen LogP contribution < -0.4 is 5.32 Å². The third-order valence-corrected chi connectivity index (χ3v) is 5.89. The molecule has 1 N–H and O–H groups in total. The molecule has 7 heteroatoms. The number of hydrogen-bond donors (Lipinski definition) is 1. The normalized spacial score (nSPS) is 10.9. The van der Waals surface area contributed by atoms with Crippen LogP contribution in [0.25, 0.3) is 11.4 Å². The van der Waals surface area contributed by atoms with Crippen molar-refractivity contribution in [3.63, 3.8) is 0 Å². The van der Waals surface area contributed by atoms with Gasteiger partial charge in [-0.15, -0.1) is 0 Å². The number of rotatable bonds is 4. The largest absolute Gasteiger partial charge is 0.319 e. The second kappa shape index (κ2) is 7.67. The number of hydrogen-bond acceptors (Lipinski definition) is 3. The van der Waals surface area contributed by atoms with Gasteiger partial charge in [0.25, 0.3) is 5.91 Å². The third kappa shape index (κ3) is 3.73. The van der Waals surface area contributed by atoms with Gasteiger partial charge in [-0.05, 0) is 73.1 Å². The molecule has 0 atom stereocenters. The highest BCUT2D eigenvalue weighted by Crippen LogP contribution is 2.23.